The molecule has 138 valence electrons. The Labute approximate surface area is 154 Å². The minimum absolute atomic E-state index is 0.000811. The Morgan fingerprint density at radius 2 is 1.96 bits per heavy atom. The number of aryl methyl sites for hydroxylation is 1. The topological polar surface area (TPSA) is 111 Å². The molecule has 0 bridgehead atoms. The molecule has 1 fully saturated rings. The van der Waals surface area contributed by atoms with Crippen LogP contribution in [0.1, 0.15) is 12.8 Å². The molecule has 1 saturated carbocycles. The number of nitrogens with one attached hydrogen (secondary N) is 2. The van der Waals surface area contributed by atoms with E-state index in [2.05, 4.69) is 20.7 Å². The van der Waals surface area contributed by atoms with E-state index >= 15 is 0 Å². The smallest absolute Gasteiger partial charge is 0.264 e. The highest BCUT2D eigenvalue weighted by molar-refractivity contribution is 5.96. The zero-order chi connectivity index (χ0) is 19.0. The zero-order valence-corrected chi connectivity index (χ0v) is 14.7. The number of rotatable bonds is 5. The first-order valence-corrected chi connectivity index (χ1v) is 8.59. The number of anilines is 2. The first-order chi connectivity index (χ1) is 13.0. The molecule has 0 atom stereocenters. The summed E-state index contributed by atoms with van der Waals surface area (Å²) in [6.07, 6.45) is 4.61. The van der Waals surface area contributed by atoms with E-state index in [9.17, 15) is 14.4 Å². The van der Waals surface area contributed by atoms with E-state index in [4.69, 9.17) is 0 Å². The summed E-state index contributed by atoms with van der Waals surface area (Å²) in [4.78, 5) is 40.7. The first kappa shape index (κ1) is 17.0. The second kappa shape index (κ2) is 6.67. The van der Waals surface area contributed by atoms with E-state index in [1.54, 1.807) is 31.3 Å². The van der Waals surface area contributed by atoms with Gasteiger partial charge in [-0.15, -0.1) is 0 Å². The van der Waals surface area contributed by atoms with Crippen molar-refractivity contribution in [2.45, 2.75) is 19.4 Å². The summed E-state index contributed by atoms with van der Waals surface area (Å²) in [5.41, 5.74) is 1.31. The van der Waals surface area contributed by atoms with E-state index in [-0.39, 0.29) is 29.8 Å². The van der Waals surface area contributed by atoms with Crippen LogP contribution in [0.4, 0.5) is 11.4 Å². The van der Waals surface area contributed by atoms with Crippen LogP contribution in [0.5, 0.6) is 0 Å². The summed E-state index contributed by atoms with van der Waals surface area (Å²) in [6.45, 7) is -0.171. The molecule has 2 aromatic heterocycles. The van der Waals surface area contributed by atoms with Crippen molar-refractivity contribution in [1.29, 1.82) is 0 Å². The van der Waals surface area contributed by atoms with Gasteiger partial charge in [-0.3, -0.25) is 23.6 Å². The highest BCUT2D eigenvalue weighted by Crippen LogP contribution is 2.30. The lowest BCUT2D eigenvalue weighted by molar-refractivity contribution is -0.117. The molecule has 2 N–H and O–H groups in total. The molecule has 9 nitrogen and oxygen atoms in total. The maximum atomic E-state index is 12.4. The van der Waals surface area contributed by atoms with Crippen molar-refractivity contribution in [3.63, 3.8) is 0 Å². The summed E-state index contributed by atoms with van der Waals surface area (Å²) >= 11 is 0. The largest absolute Gasteiger partial charge is 0.326 e. The molecule has 9 heteroatoms. The molecule has 1 aliphatic carbocycles. The third-order valence-corrected chi connectivity index (χ3v) is 4.39. The van der Waals surface area contributed by atoms with Crippen molar-refractivity contribution >= 4 is 34.2 Å². The van der Waals surface area contributed by atoms with Gasteiger partial charge in [0.05, 0.1) is 6.20 Å². The van der Waals surface area contributed by atoms with Gasteiger partial charge < -0.3 is 10.6 Å². The van der Waals surface area contributed by atoms with Crippen LogP contribution in [0.2, 0.25) is 0 Å². The van der Waals surface area contributed by atoms with Crippen LogP contribution in [0, 0.1) is 5.92 Å². The van der Waals surface area contributed by atoms with E-state index in [0.29, 0.717) is 22.4 Å². The van der Waals surface area contributed by atoms with Gasteiger partial charge in [0.2, 0.25) is 11.8 Å². The van der Waals surface area contributed by atoms with Gasteiger partial charge in [-0.2, -0.15) is 5.10 Å². The van der Waals surface area contributed by atoms with Gasteiger partial charge in [-0.25, -0.2) is 4.98 Å². The van der Waals surface area contributed by atoms with E-state index in [1.165, 1.54) is 21.8 Å². The van der Waals surface area contributed by atoms with Crippen molar-refractivity contribution in [3.05, 3.63) is 47.1 Å². The number of carbonyl (C=O) groups excluding carboxylic acids is 2. The Bertz CT molecular complexity index is 1100. The average molecular weight is 366 g/mol. The van der Waals surface area contributed by atoms with Crippen LogP contribution in [-0.2, 0) is 23.2 Å². The monoisotopic (exact) mass is 366 g/mol. The van der Waals surface area contributed by atoms with Gasteiger partial charge in [-0.1, -0.05) is 6.07 Å². The maximum absolute atomic E-state index is 12.4. The summed E-state index contributed by atoms with van der Waals surface area (Å²) in [6, 6.07) is 6.91. The average Bonchev–Trinajstić information content (AvgIpc) is 3.42. The Morgan fingerprint density at radius 1 is 1.22 bits per heavy atom. The number of hydrogen-bond acceptors (Lipinski definition) is 5. The fraction of sp³-hybridized carbons (Fsp3) is 0.278. The quantitative estimate of drug-likeness (QED) is 0.703. The number of carbonyl (C=O) groups is 2. The third kappa shape index (κ3) is 3.57. The summed E-state index contributed by atoms with van der Waals surface area (Å²) in [5, 5.41) is 9.92. The van der Waals surface area contributed by atoms with Crippen molar-refractivity contribution in [3.8, 4) is 0 Å². The maximum Gasteiger partial charge on any atom is 0.264 e. The van der Waals surface area contributed by atoms with Crippen LogP contribution >= 0.6 is 0 Å². The Balaban J connectivity index is 1.45. The number of aromatic nitrogens is 4. The highest BCUT2D eigenvalue weighted by Gasteiger charge is 2.29. The van der Waals surface area contributed by atoms with Crippen molar-refractivity contribution < 1.29 is 9.59 Å². The first-order valence-electron chi connectivity index (χ1n) is 8.59. The molecule has 3 aromatic rings. The van der Waals surface area contributed by atoms with Crippen LogP contribution in [0.25, 0.3) is 11.0 Å². The summed E-state index contributed by atoms with van der Waals surface area (Å²) in [5.74, 6) is -0.265. The summed E-state index contributed by atoms with van der Waals surface area (Å²) < 4.78 is 2.74. The molecule has 4 rings (SSSR count). The molecular weight excluding hydrogens is 348 g/mol. The third-order valence-electron chi connectivity index (χ3n) is 4.39. The molecule has 0 aliphatic heterocycles. The standard InChI is InChI=1S/C18H18N6O3/c1-23-16-14(8-20-23)18(27)24(10-19-16)9-15(25)21-12-3-2-4-13(7-12)22-17(26)11-5-6-11/h2-4,7-8,10-11H,5-6,9H2,1H3,(H,21,25)(H,22,26). The lowest BCUT2D eigenvalue weighted by Crippen LogP contribution is -2.27. The van der Waals surface area contributed by atoms with Crippen molar-refractivity contribution in [2.24, 2.45) is 13.0 Å². The normalized spacial score (nSPS) is 13.5. The number of benzene rings is 1. The number of nitrogens with zero attached hydrogens (tertiary/aromatic N) is 4. The van der Waals surface area contributed by atoms with Gasteiger partial charge in [0.15, 0.2) is 5.65 Å². The van der Waals surface area contributed by atoms with E-state index in [1.807, 2.05) is 0 Å². The predicted molar refractivity (Wildman–Crippen MR) is 99.2 cm³/mol. The molecule has 2 amide bonds. The lowest BCUT2D eigenvalue weighted by atomic mass is 10.2. The minimum atomic E-state index is -0.368. The van der Waals surface area contributed by atoms with Crippen LogP contribution in [-0.4, -0.2) is 31.1 Å². The van der Waals surface area contributed by atoms with Crippen molar-refractivity contribution in [1.82, 2.24) is 19.3 Å². The molecule has 0 spiro atoms. The Morgan fingerprint density at radius 3 is 2.70 bits per heavy atom. The second-order valence-corrected chi connectivity index (χ2v) is 6.58. The van der Waals surface area contributed by atoms with Crippen LogP contribution in [0.15, 0.2) is 41.6 Å². The highest BCUT2D eigenvalue weighted by atomic mass is 16.2. The molecule has 1 aliphatic rings. The number of amides is 2. The van der Waals surface area contributed by atoms with Gasteiger partial charge in [0, 0.05) is 24.3 Å². The van der Waals surface area contributed by atoms with Crippen LogP contribution < -0.4 is 16.2 Å². The van der Waals surface area contributed by atoms with Gasteiger partial charge >= 0.3 is 0 Å². The molecular formula is C18H18N6O3. The zero-order valence-electron chi connectivity index (χ0n) is 14.7. The van der Waals surface area contributed by atoms with Gasteiger partial charge in [-0.05, 0) is 31.0 Å². The molecule has 2 heterocycles. The molecule has 0 saturated heterocycles. The fourth-order valence-corrected chi connectivity index (χ4v) is 2.80. The predicted octanol–water partition coefficient (Wildman–Crippen LogP) is 1.12. The second-order valence-electron chi connectivity index (χ2n) is 6.58. The fourth-order valence-electron chi connectivity index (χ4n) is 2.80. The Hall–Kier alpha value is -3.49. The molecule has 0 radical (unpaired) electrons. The summed E-state index contributed by atoms with van der Waals surface area (Å²) in [7, 11) is 1.70. The molecule has 1 aromatic carbocycles. The Kier molecular flexibility index (Phi) is 4.19. The van der Waals surface area contributed by atoms with Gasteiger partial charge in [0.25, 0.3) is 5.56 Å². The van der Waals surface area contributed by atoms with Crippen molar-refractivity contribution in [2.75, 3.05) is 10.6 Å². The van der Waals surface area contributed by atoms with Gasteiger partial charge in [0.1, 0.15) is 18.3 Å². The lowest BCUT2D eigenvalue weighted by Gasteiger charge is -2.09. The number of fused-ring (bicyclic) bond motifs is 1. The number of hydrogen-bond donors (Lipinski definition) is 2. The molecule has 27 heavy (non-hydrogen) atoms. The van der Waals surface area contributed by atoms with Crippen LogP contribution in [0.3, 0.4) is 0 Å². The molecule has 0 unspecified atom stereocenters. The van der Waals surface area contributed by atoms with E-state index in [0.717, 1.165) is 12.8 Å². The SMILES string of the molecule is Cn1ncc2c(=O)n(CC(=O)Nc3cccc(NC(=O)C4CC4)c3)cnc21. The van der Waals surface area contributed by atoms with E-state index < -0.39 is 0 Å². The minimum Gasteiger partial charge on any atom is -0.326 e.